The van der Waals surface area contributed by atoms with Crippen molar-refractivity contribution in [2.45, 2.75) is 477 Å². The van der Waals surface area contributed by atoms with Crippen molar-refractivity contribution in [3.05, 3.63) is 0 Å². The van der Waals surface area contributed by atoms with Crippen LogP contribution in [0.5, 0.6) is 0 Å². The molecule has 3 N–H and O–H groups in total. The van der Waals surface area contributed by atoms with Crippen LogP contribution in [0.25, 0.3) is 0 Å². The third-order valence-electron chi connectivity index (χ3n) is 20.6. The summed E-state index contributed by atoms with van der Waals surface area (Å²) in [5.74, 6) is -0.408. The number of phosphoric acid groups is 2. The van der Waals surface area contributed by atoms with Gasteiger partial charge in [-0.1, -0.05) is 408 Å². The first-order chi connectivity index (χ1) is 50.9. The number of esters is 4. The van der Waals surface area contributed by atoms with Gasteiger partial charge in [-0.3, -0.25) is 37.3 Å². The molecule has 0 saturated heterocycles. The van der Waals surface area contributed by atoms with E-state index in [1.807, 2.05) is 0 Å². The number of carbonyl (C=O) groups is 4. The number of hydrogen-bond acceptors (Lipinski definition) is 15. The van der Waals surface area contributed by atoms with Gasteiger partial charge in [0, 0.05) is 25.7 Å². The van der Waals surface area contributed by atoms with E-state index < -0.39 is 97.5 Å². The van der Waals surface area contributed by atoms with E-state index >= 15 is 0 Å². The molecule has 0 aromatic carbocycles. The molecule has 19 heteroatoms. The van der Waals surface area contributed by atoms with E-state index in [2.05, 4.69) is 41.5 Å². The molecule has 0 aliphatic heterocycles. The Morgan fingerprint density at radius 2 is 0.486 bits per heavy atom. The Labute approximate surface area is 645 Å². The third kappa shape index (κ3) is 78.5. The number of aliphatic hydroxyl groups is 1. The molecule has 17 nitrogen and oxygen atoms in total. The Kier molecular flexibility index (Phi) is 76.0. The molecule has 0 saturated carbocycles. The molecule has 0 aromatic rings. The lowest BCUT2D eigenvalue weighted by molar-refractivity contribution is -0.161. The zero-order valence-corrected chi connectivity index (χ0v) is 70.8. The van der Waals surface area contributed by atoms with Crippen LogP contribution in [-0.2, 0) is 65.4 Å². The molecule has 0 spiro atoms. The van der Waals surface area contributed by atoms with E-state index in [0.717, 1.165) is 102 Å². The van der Waals surface area contributed by atoms with Gasteiger partial charge < -0.3 is 33.8 Å². The summed E-state index contributed by atoms with van der Waals surface area (Å²) in [7, 11) is -9.92. The first-order valence-electron chi connectivity index (χ1n) is 44.5. The van der Waals surface area contributed by atoms with Crippen molar-refractivity contribution in [2.24, 2.45) is 11.8 Å². The maximum absolute atomic E-state index is 13.1. The molecule has 0 radical (unpaired) electrons. The monoisotopic (exact) mass is 1540 g/mol. The van der Waals surface area contributed by atoms with Gasteiger partial charge in [0.05, 0.1) is 26.4 Å². The number of phosphoric ester groups is 2. The summed E-state index contributed by atoms with van der Waals surface area (Å²) in [6.07, 6.45) is 69.4. The molecular formula is C86H168O17P2. The van der Waals surface area contributed by atoms with Crippen LogP contribution in [0.4, 0.5) is 0 Å². The zero-order chi connectivity index (χ0) is 77.1. The first kappa shape index (κ1) is 103. The number of hydrogen-bond donors (Lipinski definition) is 3. The van der Waals surface area contributed by atoms with Crippen molar-refractivity contribution in [3.8, 4) is 0 Å². The lowest BCUT2D eigenvalue weighted by Gasteiger charge is -2.21. The topological polar surface area (TPSA) is 237 Å². The summed E-state index contributed by atoms with van der Waals surface area (Å²) in [5, 5.41) is 10.7. The molecule has 0 bridgehead atoms. The minimum Gasteiger partial charge on any atom is -0.462 e. The maximum atomic E-state index is 13.1. The minimum absolute atomic E-state index is 0.108. The molecule has 0 fully saturated rings. The lowest BCUT2D eigenvalue weighted by Crippen LogP contribution is -2.30. The first-order valence-corrected chi connectivity index (χ1v) is 47.5. The van der Waals surface area contributed by atoms with Crippen molar-refractivity contribution in [3.63, 3.8) is 0 Å². The van der Waals surface area contributed by atoms with Gasteiger partial charge in [-0.2, -0.15) is 0 Å². The molecule has 6 atom stereocenters. The molecular weight excluding hydrogens is 1370 g/mol. The third-order valence-corrected chi connectivity index (χ3v) is 22.5. The standard InChI is InChI=1S/C86H168O17P2/c1-7-10-12-14-16-18-20-39-46-52-58-64-70-85(90)102-81(74-96-83(88)68-62-56-50-44-19-17-15-13-11-8-2)76-100-104(92,93)98-72-80(87)73-99-105(94,95)101-77-82(75-97-84(89)69-63-57-51-45-40-35-31-27-23-21-25-29-33-37-42-48-54-60-66-78(4)5)103-86(91)71-65-59-53-47-41-36-32-28-24-22-26-30-34-38-43-49-55-61-67-79(6)9-3/h78-82,87H,7-77H2,1-6H3,(H,92,93)(H,94,95)/t79?,80-,81+,82+/m0/s1. The normalized spacial score (nSPS) is 14.1. The van der Waals surface area contributed by atoms with Crippen molar-refractivity contribution in [1.82, 2.24) is 0 Å². The molecule has 624 valence electrons. The van der Waals surface area contributed by atoms with Gasteiger partial charge >= 0.3 is 39.5 Å². The number of ether oxygens (including phenoxy) is 4. The predicted molar refractivity (Wildman–Crippen MR) is 432 cm³/mol. The van der Waals surface area contributed by atoms with E-state index in [1.165, 1.54) is 276 Å². The lowest BCUT2D eigenvalue weighted by atomic mass is 9.99. The van der Waals surface area contributed by atoms with Gasteiger partial charge in [-0.25, -0.2) is 9.13 Å². The molecule has 0 aliphatic rings. The van der Waals surface area contributed by atoms with E-state index in [1.54, 1.807) is 0 Å². The molecule has 3 unspecified atom stereocenters. The quantitative estimate of drug-likeness (QED) is 0.0222. The number of carbonyl (C=O) groups excluding carboxylic acids is 4. The van der Waals surface area contributed by atoms with Gasteiger partial charge in [0.2, 0.25) is 0 Å². The van der Waals surface area contributed by atoms with Crippen LogP contribution in [0.1, 0.15) is 459 Å². The van der Waals surface area contributed by atoms with Crippen LogP contribution in [0.15, 0.2) is 0 Å². The molecule has 105 heavy (non-hydrogen) atoms. The van der Waals surface area contributed by atoms with Crippen LogP contribution in [0.3, 0.4) is 0 Å². The van der Waals surface area contributed by atoms with Crippen molar-refractivity contribution >= 4 is 39.5 Å². The van der Waals surface area contributed by atoms with Crippen molar-refractivity contribution < 1.29 is 80.2 Å². The van der Waals surface area contributed by atoms with E-state index in [9.17, 15) is 43.2 Å². The summed E-state index contributed by atoms with van der Waals surface area (Å²) in [6.45, 7) is 9.76. The number of unbranched alkanes of at least 4 members (excludes halogenated alkanes) is 54. The van der Waals surface area contributed by atoms with Crippen LogP contribution >= 0.6 is 15.6 Å². The van der Waals surface area contributed by atoms with E-state index in [4.69, 9.17) is 37.0 Å². The summed E-state index contributed by atoms with van der Waals surface area (Å²) < 4.78 is 68.8. The second-order valence-electron chi connectivity index (χ2n) is 31.6. The second kappa shape index (κ2) is 77.4. The number of aliphatic hydroxyl groups excluding tert-OH is 1. The molecule has 0 heterocycles. The predicted octanol–water partition coefficient (Wildman–Crippen LogP) is 26.2. The SMILES string of the molecule is CCCCCCCCCCCCCCC(=O)O[C@H](COC(=O)CCCCCCCCCCCC)COP(=O)(O)OC[C@H](O)COP(=O)(O)OC[C@@H](COC(=O)CCCCCCCCCCCCCCCCCCCCC(C)C)OC(=O)CCCCCCCCCCCCCCCCCCCCC(C)CC. The molecule has 0 aromatic heterocycles. The van der Waals surface area contributed by atoms with Crippen molar-refractivity contribution in [2.75, 3.05) is 39.6 Å². The zero-order valence-electron chi connectivity index (χ0n) is 69.0. The van der Waals surface area contributed by atoms with E-state index in [-0.39, 0.29) is 25.7 Å². The molecule has 0 aliphatic carbocycles. The Morgan fingerprint density at radius 1 is 0.276 bits per heavy atom. The van der Waals surface area contributed by atoms with Gasteiger partial charge in [0.1, 0.15) is 19.3 Å². The average molecular weight is 1540 g/mol. The summed E-state index contributed by atoms with van der Waals surface area (Å²) in [6, 6.07) is 0. The maximum Gasteiger partial charge on any atom is 0.472 e. The van der Waals surface area contributed by atoms with Crippen LogP contribution in [0, 0.1) is 11.8 Å². The fourth-order valence-corrected chi connectivity index (χ4v) is 15.0. The summed E-state index contributed by atoms with van der Waals surface area (Å²) >= 11 is 0. The van der Waals surface area contributed by atoms with E-state index in [0.29, 0.717) is 25.7 Å². The van der Waals surface area contributed by atoms with Crippen LogP contribution in [0.2, 0.25) is 0 Å². The molecule has 0 amide bonds. The Morgan fingerprint density at radius 3 is 0.724 bits per heavy atom. The van der Waals surface area contributed by atoms with Gasteiger partial charge in [-0.15, -0.1) is 0 Å². The van der Waals surface area contributed by atoms with Gasteiger partial charge in [0.25, 0.3) is 0 Å². The average Bonchev–Trinajstić information content (AvgIpc) is 0.908. The Hall–Kier alpha value is -1.94. The molecule has 0 rings (SSSR count). The van der Waals surface area contributed by atoms with Crippen LogP contribution < -0.4 is 0 Å². The summed E-state index contributed by atoms with van der Waals surface area (Å²) in [4.78, 5) is 73.1. The highest BCUT2D eigenvalue weighted by atomic mass is 31.2. The summed E-state index contributed by atoms with van der Waals surface area (Å²) in [5.41, 5.74) is 0. The highest BCUT2D eigenvalue weighted by molar-refractivity contribution is 7.47. The fourth-order valence-electron chi connectivity index (χ4n) is 13.4. The fraction of sp³-hybridized carbons (Fsp3) is 0.953. The van der Waals surface area contributed by atoms with Gasteiger partial charge in [0.15, 0.2) is 12.2 Å². The van der Waals surface area contributed by atoms with Crippen molar-refractivity contribution in [1.29, 1.82) is 0 Å². The van der Waals surface area contributed by atoms with Crippen LogP contribution in [-0.4, -0.2) is 96.7 Å². The largest absolute Gasteiger partial charge is 0.472 e. The minimum atomic E-state index is -4.97. The Bertz CT molecular complexity index is 2010. The smallest absolute Gasteiger partial charge is 0.462 e. The second-order valence-corrected chi connectivity index (χ2v) is 34.6. The highest BCUT2D eigenvalue weighted by Crippen LogP contribution is 2.45. The number of rotatable bonds is 85. The van der Waals surface area contributed by atoms with Gasteiger partial charge in [-0.05, 0) is 37.5 Å². The highest BCUT2D eigenvalue weighted by Gasteiger charge is 2.30. The Balaban J connectivity index is 5.19.